The molecule has 142 valence electrons. The smallest absolute Gasteiger partial charge is 0.231 e. The molecular weight excluding hydrogens is 344 g/mol. The fourth-order valence-electron chi connectivity index (χ4n) is 4.64. The maximum atomic E-state index is 6.31. The lowest BCUT2D eigenvalue weighted by atomic mass is 9.68. The first-order valence-electron chi connectivity index (χ1n) is 9.45. The number of hydrogen-bond acceptors (Lipinski definition) is 5. The van der Waals surface area contributed by atoms with Gasteiger partial charge in [0.2, 0.25) is 13.6 Å². The van der Waals surface area contributed by atoms with Crippen LogP contribution in [-0.2, 0) is 4.74 Å². The van der Waals surface area contributed by atoms with Gasteiger partial charge in [-0.1, -0.05) is 32.9 Å². The first-order chi connectivity index (χ1) is 13.0. The van der Waals surface area contributed by atoms with Gasteiger partial charge in [-0.2, -0.15) is 0 Å². The minimum atomic E-state index is -0.0243. The molecule has 0 spiro atoms. The number of hydrogen-bond donors (Lipinski definition) is 0. The van der Waals surface area contributed by atoms with Crippen LogP contribution in [0.25, 0.3) is 0 Å². The van der Waals surface area contributed by atoms with Crippen LogP contribution in [0.15, 0.2) is 36.4 Å². The third kappa shape index (κ3) is 2.64. The fraction of sp³-hybridized carbons (Fsp3) is 0.455. The van der Waals surface area contributed by atoms with Crippen LogP contribution in [0.3, 0.4) is 0 Å². The van der Waals surface area contributed by atoms with Crippen LogP contribution in [0.5, 0.6) is 23.0 Å². The average molecular weight is 368 g/mol. The highest BCUT2D eigenvalue weighted by Crippen LogP contribution is 2.54. The highest BCUT2D eigenvalue weighted by Gasteiger charge is 2.47. The summed E-state index contributed by atoms with van der Waals surface area (Å²) in [6.45, 7) is 8.18. The summed E-state index contributed by atoms with van der Waals surface area (Å²) in [4.78, 5) is 0. The molecule has 3 aliphatic heterocycles. The Balaban J connectivity index is 1.41. The quantitative estimate of drug-likeness (QED) is 0.788. The predicted octanol–water partition coefficient (Wildman–Crippen LogP) is 4.66. The second-order valence-corrected chi connectivity index (χ2v) is 8.16. The summed E-state index contributed by atoms with van der Waals surface area (Å²) in [7, 11) is 0. The fourth-order valence-corrected chi connectivity index (χ4v) is 4.64. The van der Waals surface area contributed by atoms with E-state index in [4.69, 9.17) is 23.7 Å². The lowest BCUT2D eigenvalue weighted by molar-refractivity contribution is 0.0623. The van der Waals surface area contributed by atoms with Crippen LogP contribution >= 0.6 is 0 Å². The normalized spacial score (nSPS) is 25.6. The van der Waals surface area contributed by atoms with Gasteiger partial charge in [-0.3, -0.25) is 0 Å². The molecule has 5 nitrogen and oxygen atoms in total. The molecule has 3 atom stereocenters. The molecule has 3 heterocycles. The van der Waals surface area contributed by atoms with E-state index < -0.39 is 0 Å². The van der Waals surface area contributed by atoms with Gasteiger partial charge < -0.3 is 23.7 Å². The molecule has 0 amide bonds. The molecule has 0 N–H and O–H groups in total. The number of benzene rings is 2. The molecule has 0 radical (unpaired) electrons. The second kappa shape index (κ2) is 6.06. The van der Waals surface area contributed by atoms with Crippen molar-refractivity contribution in [3.63, 3.8) is 0 Å². The lowest BCUT2D eigenvalue weighted by Gasteiger charge is -2.34. The number of rotatable bonds is 3. The number of ether oxygens (including phenoxy) is 5. The Hall–Kier alpha value is -2.40. The van der Waals surface area contributed by atoms with Gasteiger partial charge in [0.25, 0.3) is 0 Å². The van der Waals surface area contributed by atoms with Gasteiger partial charge in [0, 0.05) is 5.41 Å². The van der Waals surface area contributed by atoms with Crippen molar-refractivity contribution in [2.24, 2.45) is 11.3 Å². The molecular formula is C22H24O5. The first-order valence-corrected chi connectivity index (χ1v) is 9.45. The molecule has 2 aromatic rings. The van der Waals surface area contributed by atoms with E-state index in [1.165, 1.54) is 5.56 Å². The Labute approximate surface area is 159 Å². The van der Waals surface area contributed by atoms with E-state index >= 15 is 0 Å². The minimum Gasteiger partial charge on any atom is -0.454 e. The molecule has 1 saturated heterocycles. The van der Waals surface area contributed by atoms with Crippen molar-refractivity contribution in [3.05, 3.63) is 47.5 Å². The topological polar surface area (TPSA) is 46.2 Å². The zero-order valence-corrected chi connectivity index (χ0v) is 15.9. The van der Waals surface area contributed by atoms with Crippen molar-refractivity contribution < 1.29 is 23.7 Å². The van der Waals surface area contributed by atoms with Gasteiger partial charge in [-0.15, -0.1) is 0 Å². The molecule has 1 fully saturated rings. The molecule has 0 aliphatic carbocycles. The predicted molar refractivity (Wildman–Crippen MR) is 99.5 cm³/mol. The summed E-state index contributed by atoms with van der Waals surface area (Å²) in [5, 5.41) is 0. The van der Waals surface area contributed by atoms with Crippen molar-refractivity contribution >= 4 is 0 Å². The van der Waals surface area contributed by atoms with Crippen LogP contribution < -0.4 is 18.9 Å². The van der Waals surface area contributed by atoms with Gasteiger partial charge in [-0.05, 0) is 47.2 Å². The Morgan fingerprint density at radius 1 is 0.852 bits per heavy atom. The van der Waals surface area contributed by atoms with Crippen molar-refractivity contribution in [1.82, 2.24) is 0 Å². The minimum absolute atomic E-state index is 0.0217. The van der Waals surface area contributed by atoms with Crippen molar-refractivity contribution in [2.75, 3.05) is 20.2 Å². The summed E-state index contributed by atoms with van der Waals surface area (Å²) >= 11 is 0. The largest absolute Gasteiger partial charge is 0.454 e. The van der Waals surface area contributed by atoms with Gasteiger partial charge in [0.15, 0.2) is 23.0 Å². The van der Waals surface area contributed by atoms with E-state index in [2.05, 4.69) is 45.0 Å². The highest BCUT2D eigenvalue weighted by atomic mass is 16.7. The summed E-state index contributed by atoms with van der Waals surface area (Å²) in [6, 6.07) is 12.4. The van der Waals surface area contributed by atoms with Crippen LogP contribution in [0, 0.1) is 11.3 Å². The van der Waals surface area contributed by atoms with Crippen LogP contribution in [-0.4, -0.2) is 20.2 Å². The van der Waals surface area contributed by atoms with Crippen LogP contribution in [0.4, 0.5) is 0 Å². The summed E-state index contributed by atoms with van der Waals surface area (Å²) in [6.07, 6.45) is 0.0217. The Kier molecular flexibility index (Phi) is 3.76. The van der Waals surface area contributed by atoms with Gasteiger partial charge in [-0.25, -0.2) is 0 Å². The molecule has 3 aliphatic rings. The molecule has 0 bridgehead atoms. The zero-order valence-electron chi connectivity index (χ0n) is 15.9. The summed E-state index contributed by atoms with van der Waals surface area (Å²) < 4.78 is 28.3. The molecule has 2 aromatic carbocycles. The van der Waals surface area contributed by atoms with E-state index in [0.717, 1.165) is 35.2 Å². The third-order valence-corrected chi connectivity index (χ3v) is 6.30. The third-order valence-electron chi connectivity index (χ3n) is 6.30. The van der Waals surface area contributed by atoms with E-state index in [9.17, 15) is 0 Å². The van der Waals surface area contributed by atoms with Gasteiger partial charge >= 0.3 is 0 Å². The SMILES string of the molecule is CC(c1ccc2c(c1)OCO2)C1COC(c2ccc3c(c2)OCO3)C1(C)C. The van der Waals surface area contributed by atoms with E-state index in [1.54, 1.807) is 0 Å². The maximum absolute atomic E-state index is 6.31. The molecule has 0 aromatic heterocycles. The van der Waals surface area contributed by atoms with Gasteiger partial charge in [0.05, 0.1) is 12.7 Å². The molecule has 3 unspecified atom stereocenters. The van der Waals surface area contributed by atoms with E-state index in [-0.39, 0.29) is 18.3 Å². The number of fused-ring (bicyclic) bond motifs is 2. The van der Waals surface area contributed by atoms with Crippen molar-refractivity contribution in [3.8, 4) is 23.0 Å². The Morgan fingerprint density at radius 3 is 2.22 bits per heavy atom. The van der Waals surface area contributed by atoms with E-state index in [0.29, 0.717) is 18.6 Å². The Morgan fingerprint density at radius 2 is 1.48 bits per heavy atom. The molecule has 27 heavy (non-hydrogen) atoms. The van der Waals surface area contributed by atoms with Gasteiger partial charge in [0.1, 0.15) is 0 Å². The molecule has 5 heteroatoms. The maximum Gasteiger partial charge on any atom is 0.231 e. The average Bonchev–Trinajstić information content (AvgIpc) is 3.37. The zero-order chi connectivity index (χ0) is 18.6. The second-order valence-electron chi connectivity index (χ2n) is 8.16. The van der Waals surface area contributed by atoms with Crippen molar-refractivity contribution in [1.29, 1.82) is 0 Å². The molecule has 5 rings (SSSR count). The van der Waals surface area contributed by atoms with Crippen LogP contribution in [0.2, 0.25) is 0 Å². The van der Waals surface area contributed by atoms with Crippen LogP contribution in [0.1, 0.15) is 43.9 Å². The van der Waals surface area contributed by atoms with Crippen molar-refractivity contribution in [2.45, 2.75) is 32.8 Å². The monoisotopic (exact) mass is 368 g/mol. The van der Waals surface area contributed by atoms with E-state index in [1.807, 2.05) is 12.1 Å². The molecule has 0 saturated carbocycles. The lowest BCUT2D eigenvalue weighted by Crippen LogP contribution is -2.28. The summed E-state index contributed by atoms with van der Waals surface area (Å²) in [5.41, 5.74) is 2.38. The standard InChI is InChI=1S/C22H24O5/c1-13(14-4-6-17-19(8-14)26-11-24-17)16-10-23-21(22(16,2)3)15-5-7-18-20(9-15)27-12-25-18/h4-9,13,16,21H,10-12H2,1-3H3. The highest BCUT2D eigenvalue weighted by molar-refractivity contribution is 5.47. The Bertz CT molecular complexity index is 875. The summed E-state index contributed by atoms with van der Waals surface area (Å²) in [5.74, 6) is 4.00. The first kappa shape index (κ1) is 16.8.